The molecule has 1 saturated heterocycles. The van der Waals surface area contributed by atoms with Crippen LogP contribution in [0.5, 0.6) is 0 Å². The Morgan fingerprint density at radius 1 is 1.54 bits per heavy atom. The Morgan fingerprint density at radius 3 is 2.92 bits per heavy atom. The van der Waals surface area contributed by atoms with Crippen molar-refractivity contribution in [3.63, 3.8) is 0 Å². The highest BCUT2D eigenvalue weighted by atomic mass is 16.6. The fraction of sp³-hybridized carbons (Fsp3) is 0.818. The molecule has 2 nitrogen and oxygen atoms in total. The van der Waals surface area contributed by atoms with Gasteiger partial charge in [0.15, 0.2) is 0 Å². The van der Waals surface area contributed by atoms with Gasteiger partial charge in [-0.05, 0) is 12.8 Å². The van der Waals surface area contributed by atoms with E-state index in [1.165, 1.54) is 6.42 Å². The monoisotopic (exact) mass is 180 g/mol. The highest BCUT2D eigenvalue weighted by Crippen LogP contribution is 2.42. The number of terminal acetylenes is 1. The second-order valence-corrected chi connectivity index (χ2v) is 4.16. The van der Waals surface area contributed by atoms with Gasteiger partial charge in [0.2, 0.25) is 0 Å². The van der Waals surface area contributed by atoms with Crippen molar-refractivity contribution in [2.45, 2.75) is 43.8 Å². The lowest BCUT2D eigenvalue weighted by atomic mass is 9.72. The van der Waals surface area contributed by atoms with Crippen molar-refractivity contribution in [2.75, 3.05) is 6.61 Å². The number of aliphatic hydroxyl groups is 1. The van der Waals surface area contributed by atoms with Crippen molar-refractivity contribution < 1.29 is 9.84 Å². The van der Waals surface area contributed by atoms with Crippen LogP contribution >= 0.6 is 0 Å². The van der Waals surface area contributed by atoms with Gasteiger partial charge < -0.3 is 9.84 Å². The van der Waals surface area contributed by atoms with E-state index >= 15 is 0 Å². The summed E-state index contributed by atoms with van der Waals surface area (Å²) in [6.45, 7) is 0.720. The smallest absolute Gasteiger partial charge is 0.110 e. The molecule has 2 aliphatic rings. The number of rotatable bonds is 2. The zero-order valence-electron chi connectivity index (χ0n) is 7.83. The van der Waals surface area contributed by atoms with Crippen molar-refractivity contribution >= 4 is 0 Å². The molecule has 3 atom stereocenters. The van der Waals surface area contributed by atoms with Gasteiger partial charge in [-0.2, -0.15) is 0 Å². The molecule has 72 valence electrons. The van der Waals surface area contributed by atoms with Crippen LogP contribution in [0.15, 0.2) is 0 Å². The van der Waals surface area contributed by atoms with E-state index < -0.39 is 5.60 Å². The summed E-state index contributed by atoms with van der Waals surface area (Å²) in [5.74, 6) is 2.92. The quantitative estimate of drug-likeness (QED) is 0.513. The summed E-state index contributed by atoms with van der Waals surface area (Å²) in [5, 5.41) is 10.4. The Balaban J connectivity index is 2.07. The third-order valence-corrected chi connectivity index (χ3v) is 3.34. The molecule has 2 rings (SSSR count). The zero-order chi connectivity index (χ0) is 9.31. The lowest BCUT2D eigenvalue weighted by molar-refractivity contribution is -0.0666. The Bertz CT molecular complexity index is 227. The highest BCUT2D eigenvalue weighted by Gasteiger charge is 2.51. The summed E-state index contributed by atoms with van der Waals surface area (Å²) in [4.78, 5) is 0. The fourth-order valence-corrected chi connectivity index (χ4v) is 2.43. The van der Waals surface area contributed by atoms with Gasteiger partial charge in [-0.15, -0.1) is 12.3 Å². The van der Waals surface area contributed by atoms with E-state index in [0.717, 1.165) is 25.9 Å². The molecule has 1 aliphatic carbocycles. The van der Waals surface area contributed by atoms with Crippen LogP contribution in [0.2, 0.25) is 0 Å². The van der Waals surface area contributed by atoms with E-state index in [-0.39, 0.29) is 12.0 Å². The standard InChI is InChI=1S/C11H16O2/c1-2-5-9-6-3-4-7-11(9,12)10-8-13-10/h1,9-10,12H,3-8H2/t9-,10+,11+/m1/s1. The molecule has 1 N–H and O–H groups in total. The molecule has 0 aromatic rings. The van der Waals surface area contributed by atoms with Crippen LogP contribution in [-0.2, 0) is 4.74 Å². The minimum Gasteiger partial charge on any atom is -0.387 e. The Hall–Kier alpha value is -0.520. The summed E-state index contributed by atoms with van der Waals surface area (Å²) in [6, 6.07) is 0. The van der Waals surface area contributed by atoms with E-state index in [1.807, 2.05) is 0 Å². The topological polar surface area (TPSA) is 32.8 Å². The van der Waals surface area contributed by atoms with Gasteiger partial charge in [-0.1, -0.05) is 12.8 Å². The molecule has 0 radical (unpaired) electrons. The molecule has 0 aromatic carbocycles. The lowest BCUT2D eigenvalue weighted by Gasteiger charge is -2.38. The first-order chi connectivity index (χ1) is 6.27. The maximum absolute atomic E-state index is 10.4. The van der Waals surface area contributed by atoms with E-state index in [2.05, 4.69) is 5.92 Å². The van der Waals surface area contributed by atoms with Crippen molar-refractivity contribution in [3.05, 3.63) is 0 Å². The van der Waals surface area contributed by atoms with Crippen LogP contribution in [0.4, 0.5) is 0 Å². The molecule has 0 aromatic heterocycles. The number of epoxide rings is 1. The van der Waals surface area contributed by atoms with E-state index in [4.69, 9.17) is 11.2 Å². The van der Waals surface area contributed by atoms with Gasteiger partial charge >= 0.3 is 0 Å². The zero-order valence-corrected chi connectivity index (χ0v) is 7.83. The SMILES string of the molecule is C#CC[C@@H]1CCCC[C@@]1(O)[C@@H]1CO1. The maximum atomic E-state index is 10.4. The molecule has 0 amide bonds. The van der Waals surface area contributed by atoms with Gasteiger partial charge in [0, 0.05) is 12.3 Å². The molecule has 0 spiro atoms. The van der Waals surface area contributed by atoms with E-state index in [1.54, 1.807) is 0 Å². The molecule has 2 heteroatoms. The third-order valence-electron chi connectivity index (χ3n) is 3.34. The summed E-state index contributed by atoms with van der Waals surface area (Å²) in [5.41, 5.74) is -0.607. The maximum Gasteiger partial charge on any atom is 0.110 e. The van der Waals surface area contributed by atoms with Crippen LogP contribution in [0.25, 0.3) is 0 Å². The largest absolute Gasteiger partial charge is 0.387 e. The van der Waals surface area contributed by atoms with Crippen molar-refractivity contribution in [1.29, 1.82) is 0 Å². The van der Waals surface area contributed by atoms with Crippen molar-refractivity contribution in [2.24, 2.45) is 5.92 Å². The average molecular weight is 180 g/mol. The molecule has 2 fully saturated rings. The normalized spacial score (nSPS) is 44.0. The second kappa shape index (κ2) is 3.32. The molecule has 0 unspecified atom stereocenters. The minimum atomic E-state index is -0.607. The third kappa shape index (κ3) is 1.59. The Kier molecular flexibility index (Phi) is 2.31. The lowest BCUT2D eigenvalue weighted by Crippen LogP contribution is -2.45. The summed E-state index contributed by atoms with van der Waals surface area (Å²) in [6.07, 6.45) is 10.3. The van der Waals surface area contributed by atoms with Crippen LogP contribution < -0.4 is 0 Å². The summed E-state index contributed by atoms with van der Waals surface area (Å²) >= 11 is 0. The second-order valence-electron chi connectivity index (χ2n) is 4.16. The highest BCUT2D eigenvalue weighted by molar-refractivity contribution is 5.04. The molecular weight excluding hydrogens is 164 g/mol. The van der Waals surface area contributed by atoms with E-state index in [0.29, 0.717) is 6.42 Å². The Morgan fingerprint density at radius 2 is 2.31 bits per heavy atom. The molecule has 1 heterocycles. The van der Waals surface area contributed by atoms with Crippen molar-refractivity contribution in [1.82, 2.24) is 0 Å². The van der Waals surface area contributed by atoms with Crippen LogP contribution in [0.1, 0.15) is 32.1 Å². The van der Waals surface area contributed by atoms with Gasteiger partial charge in [-0.3, -0.25) is 0 Å². The first-order valence-corrected chi connectivity index (χ1v) is 5.05. The molecule has 1 aliphatic heterocycles. The van der Waals surface area contributed by atoms with Gasteiger partial charge in [0.25, 0.3) is 0 Å². The molecule has 0 bridgehead atoms. The van der Waals surface area contributed by atoms with E-state index in [9.17, 15) is 5.11 Å². The van der Waals surface area contributed by atoms with Crippen LogP contribution in [0.3, 0.4) is 0 Å². The first kappa shape index (κ1) is 9.05. The van der Waals surface area contributed by atoms with Gasteiger partial charge in [0.05, 0.1) is 12.2 Å². The Labute approximate surface area is 79.3 Å². The average Bonchev–Trinajstić information content (AvgIpc) is 2.92. The number of hydrogen-bond acceptors (Lipinski definition) is 2. The summed E-state index contributed by atoms with van der Waals surface area (Å²) < 4.78 is 5.21. The number of hydrogen-bond donors (Lipinski definition) is 1. The summed E-state index contributed by atoms with van der Waals surface area (Å²) in [7, 11) is 0. The van der Waals surface area contributed by atoms with Gasteiger partial charge in [0.1, 0.15) is 6.10 Å². The predicted molar refractivity (Wildman–Crippen MR) is 50.1 cm³/mol. The number of ether oxygens (including phenoxy) is 1. The first-order valence-electron chi connectivity index (χ1n) is 5.05. The van der Waals surface area contributed by atoms with Gasteiger partial charge in [-0.25, -0.2) is 0 Å². The molecular formula is C11H16O2. The molecule has 1 saturated carbocycles. The molecule has 13 heavy (non-hydrogen) atoms. The van der Waals surface area contributed by atoms with Crippen LogP contribution in [0, 0.1) is 18.3 Å². The minimum absolute atomic E-state index is 0.0751. The van der Waals surface area contributed by atoms with Crippen molar-refractivity contribution in [3.8, 4) is 12.3 Å². The predicted octanol–water partition coefficient (Wildman–Crippen LogP) is 1.33. The van der Waals surface area contributed by atoms with Crippen LogP contribution in [-0.4, -0.2) is 23.4 Å². The fourth-order valence-electron chi connectivity index (χ4n) is 2.43.